The number of aryl methyl sites for hydroxylation is 1. The first-order valence-corrected chi connectivity index (χ1v) is 12.4. The first kappa shape index (κ1) is 22.7. The van der Waals surface area contributed by atoms with Gasteiger partial charge >= 0.3 is 6.09 Å². The van der Waals surface area contributed by atoms with Crippen molar-refractivity contribution in [1.82, 2.24) is 19.8 Å². The molecule has 2 aliphatic rings. The van der Waals surface area contributed by atoms with Crippen LogP contribution in [0, 0.1) is 6.92 Å². The van der Waals surface area contributed by atoms with Gasteiger partial charge in [0, 0.05) is 54.5 Å². The van der Waals surface area contributed by atoms with Crippen molar-refractivity contribution >= 4 is 41.2 Å². The van der Waals surface area contributed by atoms with E-state index in [1.165, 1.54) is 6.42 Å². The smallest absolute Gasteiger partial charge is 0.415 e. The van der Waals surface area contributed by atoms with Crippen molar-refractivity contribution in [3.63, 3.8) is 0 Å². The molecule has 0 spiro atoms. The van der Waals surface area contributed by atoms with Crippen molar-refractivity contribution in [2.45, 2.75) is 25.8 Å². The number of H-pyrrole nitrogens is 1. The number of fused-ring (bicyclic) bond motifs is 3. The zero-order valence-electron chi connectivity index (χ0n) is 20.8. The van der Waals surface area contributed by atoms with E-state index in [1.807, 2.05) is 25.1 Å². The Morgan fingerprint density at radius 3 is 2.81 bits per heavy atom. The number of nitrogens with zero attached hydrogens (tertiary/aromatic N) is 3. The zero-order valence-corrected chi connectivity index (χ0v) is 20.8. The normalized spacial score (nSPS) is 17.9. The Balaban J connectivity index is 1.31. The predicted molar refractivity (Wildman–Crippen MR) is 142 cm³/mol. The predicted octanol–water partition coefficient (Wildman–Crippen LogP) is 3.36. The highest BCUT2D eigenvalue weighted by Crippen LogP contribution is 2.37. The molecular formula is C27H29BN4O4. The maximum atomic E-state index is 13.1. The molecule has 1 atom stereocenters. The van der Waals surface area contributed by atoms with E-state index in [0.29, 0.717) is 41.9 Å². The zero-order chi connectivity index (χ0) is 24.8. The fraction of sp³-hybridized carbons (Fsp3) is 0.333. The van der Waals surface area contributed by atoms with E-state index in [4.69, 9.17) is 14.2 Å². The topological polar surface area (TPSA) is 79.9 Å². The summed E-state index contributed by atoms with van der Waals surface area (Å²) in [4.78, 5) is 25.2. The molecule has 184 valence electrons. The van der Waals surface area contributed by atoms with Crippen LogP contribution in [-0.4, -0.2) is 73.0 Å². The molecule has 2 aromatic heterocycles. The van der Waals surface area contributed by atoms with Crippen LogP contribution in [0.2, 0.25) is 0 Å². The van der Waals surface area contributed by atoms with Gasteiger partial charge in [-0.05, 0) is 67.5 Å². The number of ether oxygens (including phenoxy) is 3. The molecule has 1 amide bonds. The van der Waals surface area contributed by atoms with Gasteiger partial charge in [-0.15, -0.1) is 0 Å². The van der Waals surface area contributed by atoms with Crippen LogP contribution < -0.4 is 19.7 Å². The summed E-state index contributed by atoms with van der Waals surface area (Å²) < 4.78 is 17.8. The SMILES string of the molecule is Bc1c(Oc2ccnc3cc(OC)c(OC(=O)N4CCN5CCCC5C4)cc23)ccc2[nH]c(C)cc12. The average Bonchev–Trinajstić information content (AvgIpc) is 3.51. The molecule has 0 bridgehead atoms. The van der Waals surface area contributed by atoms with Crippen LogP contribution in [0.15, 0.2) is 42.6 Å². The molecule has 1 N–H and O–H groups in total. The Labute approximate surface area is 210 Å². The third-order valence-electron chi connectivity index (χ3n) is 7.41. The first-order chi connectivity index (χ1) is 17.5. The largest absolute Gasteiger partial charge is 0.493 e. The van der Waals surface area contributed by atoms with Crippen molar-refractivity contribution in [1.29, 1.82) is 0 Å². The number of hydrogen-bond acceptors (Lipinski definition) is 6. The van der Waals surface area contributed by atoms with Gasteiger partial charge in [-0.1, -0.05) is 0 Å². The summed E-state index contributed by atoms with van der Waals surface area (Å²) in [5.74, 6) is 2.21. The quantitative estimate of drug-likeness (QED) is 0.448. The molecule has 2 aromatic carbocycles. The summed E-state index contributed by atoms with van der Waals surface area (Å²) in [5.41, 5.74) is 3.93. The Morgan fingerprint density at radius 1 is 1.06 bits per heavy atom. The van der Waals surface area contributed by atoms with E-state index in [9.17, 15) is 4.79 Å². The molecule has 2 aliphatic heterocycles. The van der Waals surface area contributed by atoms with E-state index in [2.05, 4.69) is 28.8 Å². The van der Waals surface area contributed by atoms with Crippen LogP contribution in [0.4, 0.5) is 4.79 Å². The maximum Gasteiger partial charge on any atom is 0.415 e. The molecule has 6 rings (SSSR count). The van der Waals surface area contributed by atoms with Crippen LogP contribution in [0.25, 0.3) is 21.8 Å². The molecular weight excluding hydrogens is 455 g/mol. The lowest BCUT2D eigenvalue weighted by Crippen LogP contribution is -2.52. The average molecular weight is 484 g/mol. The third-order valence-corrected chi connectivity index (χ3v) is 7.41. The number of aromatic amines is 1. The van der Waals surface area contributed by atoms with Gasteiger partial charge < -0.3 is 24.1 Å². The van der Waals surface area contributed by atoms with Crippen LogP contribution in [-0.2, 0) is 0 Å². The number of piperazine rings is 1. The molecule has 36 heavy (non-hydrogen) atoms. The van der Waals surface area contributed by atoms with Crippen LogP contribution in [0.1, 0.15) is 18.5 Å². The Bertz CT molecular complexity index is 1470. The van der Waals surface area contributed by atoms with Crippen molar-refractivity contribution in [3.8, 4) is 23.0 Å². The number of aromatic nitrogens is 2. The molecule has 1 unspecified atom stereocenters. The number of benzene rings is 2. The second kappa shape index (κ2) is 9.06. The van der Waals surface area contributed by atoms with Crippen molar-refractivity contribution in [3.05, 3.63) is 48.3 Å². The summed E-state index contributed by atoms with van der Waals surface area (Å²) >= 11 is 0. The van der Waals surface area contributed by atoms with Crippen molar-refractivity contribution in [2.24, 2.45) is 0 Å². The highest BCUT2D eigenvalue weighted by atomic mass is 16.6. The van der Waals surface area contributed by atoms with Gasteiger partial charge in [0.25, 0.3) is 0 Å². The molecule has 8 nitrogen and oxygen atoms in total. The van der Waals surface area contributed by atoms with E-state index in [1.54, 1.807) is 30.3 Å². The van der Waals surface area contributed by atoms with Crippen molar-refractivity contribution < 1.29 is 19.0 Å². The minimum absolute atomic E-state index is 0.352. The van der Waals surface area contributed by atoms with E-state index in [0.717, 1.165) is 52.7 Å². The molecule has 2 saturated heterocycles. The number of hydrogen-bond donors (Lipinski definition) is 1. The number of methoxy groups -OCH3 is 1. The number of carbonyl (C=O) groups excluding carboxylic acids is 1. The fourth-order valence-electron chi connectivity index (χ4n) is 5.47. The second-order valence-corrected chi connectivity index (χ2v) is 9.68. The van der Waals surface area contributed by atoms with Gasteiger partial charge in [-0.25, -0.2) is 4.79 Å². The third kappa shape index (κ3) is 4.03. The summed E-state index contributed by atoms with van der Waals surface area (Å²) in [6.07, 6.45) is 3.67. The first-order valence-electron chi connectivity index (χ1n) is 12.4. The molecule has 0 aliphatic carbocycles. The highest BCUT2D eigenvalue weighted by molar-refractivity contribution is 6.40. The Morgan fingerprint density at radius 2 is 1.94 bits per heavy atom. The van der Waals surface area contributed by atoms with Gasteiger partial charge in [-0.3, -0.25) is 9.88 Å². The number of pyridine rings is 1. The van der Waals surface area contributed by atoms with Gasteiger partial charge in [0.2, 0.25) is 0 Å². The van der Waals surface area contributed by atoms with Gasteiger partial charge in [-0.2, -0.15) is 0 Å². The summed E-state index contributed by atoms with van der Waals surface area (Å²) in [7, 11) is 3.61. The van der Waals surface area contributed by atoms with Gasteiger partial charge in [0.1, 0.15) is 19.3 Å². The Hall–Kier alpha value is -3.72. The summed E-state index contributed by atoms with van der Waals surface area (Å²) in [5, 5.41) is 1.87. The fourth-order valence-corrected chi connectivity index (χ4v) is 5.47. The number of rotatable bonds is 4. The number of carbonyl (C=O) groups is 1. The van der Waals surface area contributed by atoms with Gasteiger partial charge in [0.15, 0.2) is 11.5 Å². The number of amides is 1. The van der Waals surface area contributed by atoms with Crippen LogP contribution in [0.3, 0.4) is 0 Å². The lowest BCUT2D eigenvalue weighted by molar-refractivity contribution is 0.0928. The lowest BCUT2D eigenvalue weighted by atomic mass is 9.91. The molecule has 9 heteroatoms. The highest BCUT2D eigenvalue weighted by Gasteiger charge is 2.33. The van der Waals surface area contributed by atoms with E-state index < -0.39 is 0 Å². The Kier molecular flexibility index (Phi) is 5.72. The van der Waals surface area contributed by atoms with E-state index in [-0.39, 0.29) is 6.09 Å². The summed E-state index contributed by atoms with van der Waals surface area (Å²) in [6, 6.07) is 11.9. The second-order valence-electron chi connectivity index (χ2n) is 9.68. The van der Waals surface area contributed by atoms with E-state index >= 15 is 0 Å². The minimum Gasteiger partial charge on any atom is -0.493 e. The molecule has 4 heterocycles. The molecule has 0 saturated carbocycles. The minimum atomic E-state index is -0.352. The lowest BCUT2D eigenvalue weighted by Gasteiger charge is -2.36. The van der Waals surface area contributed by atoms with Crippen molar-refractivity contribution in [2.75, 3.05) is 33.3 Å². The molecule has 0 radical (unpaired) electrons. The van der Waals surface area contributed by atoms with Crippen LogP contribution >= 0.6 is 0 Å². The molecule has 4 aromatic rings. The van der Waals surface area contributed by atoms with Gasteiger partial charge in [0.05, 0.1) is 12.6 Å². The summed E-state index contributed by atoms with van der Waals surface area (Å²) in [6.45, 7) is 5.42. The molecule has 2 fully saturated rings. The maximum absolute atomic E-state index is 13.1. The standard InChI is InChI=1S/C27H29BN4O4/c1-16-12-19-20(30-16)5-6-23(26(19)28)35-22-7-8-29-21-14-24(34-2)25(13-18(21)22)36-27(33)32-11-10-31-9-3-4-17(31)15-32/h5-8,12-14,17,30H,3-4,9-11,15,28H2,1-2H3. The monoisotopic (exact) mass is 484 g/mol. The number of nitrogens with one attached hydrogen (secondary N) is 1. The van der Waals surface area contributed by atoms with Crippen LogP contribution in [0.5, 0.6) is 23.0 Å².